The van der Waals surface area contributed by atoms with Gasteiger partial charge >= 0.3 is 7.82 Å². The topological polar surface area (TPSA) is 247 Å². The molecule has 0 aromatic heterocycles. The van der Waals surface area contributed by atoms with Gasteiger partial charge in [-0.15, -0.1) is 0 Å². The third-order valence-corrected chi connectivity index (χ3v) is 13.9. The second-order valence-corrected chi connectivity index (χ2v) is 20.1. The van der Waals surface area contributed by atoms with Crippen molar-refractivity contribution < 1.29 is 64.2 Å². The number of aliphatic hydroxyl groups excluding tert-OH is 8. The van der Waals surface area contributed by atoms with E-state index in [-0.39, 0.29) is 12.8 Å². The second kappa shape index (κ2) is 38.3. The molecule has 9 atom stereocenters. The van der Waals surface area contributed by atoms with Gasteiger partial charge in [0.15, 0.2) is 0 Å². The van der Waals surface area contributed by atoms with E-state index in [1.54, 1.807) is 0 Å². The van der Waals surface area contributed by atoms with Crippen LogP contribution in [0.3, 0.4) is 0 Å². The first-order valence-corrected chi connectivity index (χ1v) is 27.2. The quantitative estimate of drug-likeness (QED) is 0.0205. The summed E-state index contributed by atoms with van der Waals surface area (Å²) in [5.74, 6) is -0.856. The van der Waals surface area contributed by atoms with E-state index in [0.717, 1.165) is 51.4 Å². The first kappa shape index (κ1) is 60.3. The van der Waals surface area contributed by atoms with Crippen molar-refractivity contribution in [2.75, 3.05) is 6.61 Å². The highest BCUT2D eigenvalue weighted by Gasteiger charge is 2.51. The van der Waals surface area contributed by atoms with Gasteiger partial charge in [0.25, 0.3) is 0 Å². The van der Waals surface area contributed by atoms with Crippen LogP contribution in [0, 0.1) is 0 Å². The van der Waals surface area contributed by atoms with Gasteiger partial charge < -0.3 is 51.1 Å². The molecule has 14 nitrogen and oxygen atoms in total. The number of hydrogen-bond acceptors (Lipinski definition) is 12. The van der Waals surface area contributed by atoms with Crippen molar-refractivity contribution in [3.63, 3.8) is 0 Å². The van der Waals surface area contributed by atoms with Gasteiger partial charge in [-0.1, -0.05) is 219 Å². The number of phosphoric acid groups is 1. The van der Waals surface area contributed by atoms with E-state index in [1.807, 2.05) is 0 Å². The van der Waals surface area contributed by atoms with Crippen molar-refractivity contribution in [3.8, 4) is 0 Å². The Labute approximate surface area is 382 Å². The summed E-state index contributed by atoms with van der Waals surface area (Å²) in [6.07, 6.45) is 21.8. The van der Waals surface area contributed by atoms with E-state index in [2.05, 4.69) is 19.2 Å². The van der Waals surface area contributed by atoms with Crippen LogP contribution < -0.4 is 5.32 Å². The highest BCUT2D eigenvalue weighted by atomic mass is 31.2. The molecule has 9 unspecified atom stereocenters. The maximum Gasteiger partial charge on any atom is 0.472 e. The molecule has 0 radical (unpaired) electrons. The molecule has 0 aromatic rings. The summed E-state index contributed by atoms with van der Waals surface area (Å²) in [6, 6.07) is -1.47. The summed E-state index contributed by atoms with van der Waals surface area (Å²) in [5, 5.41) is 85.5. The number of amides is 1. The van der Waals surface area contributed by atoms with Gasteiger partial charge in [0.2, 0.25) is 5.91 Å². The summed E-state index contributed by atoms with van der Waals surface area (Å²) in [4.78, 5) is 23.6. The first-order chi connectivity index (χ1) is 30.3. The molecule has 0 heterocycles. The molecule has 0 spiro atoms. The van der Waals surface area contributed by atoms with Crippen LogP contribution in [0.4, 0.5) is 0 Å². The Bertz CT molecular complexity index is 1110. The van der Waals surface area contributed by atoms with Crippen molar-refractivity contribution in [3.05, 3.63) is 0 Å². The number of carbonyl (C=O) groups excluding carboxylic acids is 1. The summed E-state index contributed by atoms with van der Waals surface area (Å²) >= 11 is 0. The number of aliphatic hydroxyl groups is 8. The molecule has 0 saturated heterocycles. The molecule has 63 heavy (non-hydrogen) atoms. The number of carbonyl (C=O) groups is 1. The Hall–Kier alpha value is -0.740. The molecular weight excluding hydrogens is 829 g/mol. The normalized spacial score (nSPS) is 23.3. The van der Waals surface area contributed by atoms with E-state index in [4.69, 9.17) is 9.05 Å². The van der Waals surface area contributed by atoms with E-state index in [9.17, 15) is 55.1 Å². The number of unbranched alkanes of at least 4 members (excludes halogenated alkanes) is 30. The molecule has 0 aliphatic heterocycles. The van der Waals surface area contributed by atoms with Gasteiger partial charge in [0.05, 0.1) is 18.8 Å². The predicted molar refractivity (Wildman–Crippen MR) is 249 cm³/mol. The van der Waals surface area contributed by atoms with Crippen LogP contribution in [0.15, 0.2) is 0 Å². The first-order valence-electron chi connectivity index (χ1n) is 25.7. The fourth-order valence-electron chi connectivity index (χ4n) is 8.54. The fraction of sp³-hybridized carbons (Fsp3) is 0.979. The van der Waals surface area contributed by atoms with Crippen LogP contribution in [-0.4, -0.2) is 119 Å². The fourth-order valence-corrected chi connectivity index (χ4v) is 9.51. The van der Waals surface area contributed by atoms with Crippen LogP contribution in [0.25, 0.3) is 0 Å². The SMILES string of the molecule is CCCCCCCCCCCCCCCCCCCCCCC(O)C(=O)NC(COP(=O)(O)OC1C(O)C(O)C(O)C(O)C1O)C(O)C(O)CCCCCCCCCCCCCC. The van der Waals surface area contributed by atoms with E-state index in [1.165, 1.54) is 141 Å². The highest BCUT2D eigenvalue weighted by Crippen LogP contribution is 2.47. The lowest BCUT2D eigenvalue weighted by Crippen LogP contribution is -2.64. The number of phosphoric ester groups is 1. The smallest absolute Gasteiger partial charge is 0.390 e. The Morgan fingerprint density at radius 1 is 0.492 bits per heavy atom. The van der Waals surface area contributed by atoms with Crippen LogP contribution in [0.2, 0.25) is 0 Å². The maximum atomic E-state index is 13.1. The standard InChI is InChI=1S/C48H96NO13P/c1-3-5-7-9-11-13-15-17-18-19-20-21-22-23-24-26-28-30-32-34-36-40(51)48(58)49-38(37-61-63(59,60)62-47-45(56)43(54)42(53)44(55)46(47)57)41(52)39(50)35-33-31-29-27-25-16-14-12-10-8-6-4-2/h38-47,50-57H,3-37H2,1-2H3,(H,49,58)(H,59,60). The zero-order valence-corrected chi connectivity index (χ0v) is 40.5. The van der Waals surface area contributed by atoms with Crippen molar-refractivity contribution in [2.45, 2.75) is 293 Å². The highest BCUT2D eigenvalue weighted by molar-refractivity contribution is 7.47. The predicted octanol–water partition coefficient (Wildman–Crippen LogP) is 8.18. The minimum absolute atomic E-state index is 0.158. The summed E-state index contributed by atoms with van der Waals surface area (Å²) in [5.41, 5.74) is 0. The van der Waals surface area contributed by atoms with Gasteiger partial charge in [0.1, 0.15) is 48.8 Å². The lowest BCUT2D eigenvalue weighted by molar-refractivity contribution is -0.220. The van der Waals surface area contributed by atoms with Crippen LogP contribution in [0.1, 0.15) is 232 Å². The molecule has 0 aromatic carbocycles. The molecular formula is C48H96NO13P. The Morgan fingerprint density at radius 3 is 1.14 bits per heavy atom. The minimum Gasteiger partial charge on any atom is -0.390 e. The van der Waals surface area contributed by atoms with Crippen LogP contribution in [0.5, 0.6) is 0 Å². The van der Waals surface area contributed by atoms with E-state index < -0.39 is 81.3 Å². The van der Waals surface area contributed by atoms with Crippen molar-refractivity contribution in [1.82, 2.24) is 5.32 Å². The molecule has 1 aliphatic rings. The molecule has 1 aliphatic carbocycles. The van der Waals surface area contributed by atoms with Gasteiger partial charge in [-0.2, -0.15) is 0 Å². The zero-order valence-electron chi connectivity index (χ0n) is 39.6. The average molecular weight is 926 g/mol. The Balaban J connectivity index is 2.49. The summed E-state index contributed by atoms with van der Waals surface area (Å²) in [6.45, 7) is 3.59. The third-order valence-electron chi connectivity index (χ3n) is 12.9. The summed E-state index contributed by atoms with van der Waals surface area (Å²) < 4.78 is 22.9. The third kappa shape index (κ3) is 28.9. The zero-order chi connectivity index (χ0) is 46.7. The van der Waals surface area contributed by atoms with Crippen molar-refractivity contribution in [2.24, 2.45) is 0 Å². The van der Waals surface area contributed by atoms with Crippen LogP contribution in [-0.2, 0) is 18.4 Å². The molecule has 0 bridgehead atoms. The Kier molecular flexibility index (Phi) is 36.6. The number of nitrogens with one attached hydrogen (secondary N) is 1. The Morgan fingerprint density at radius 2 is 0.794 bits per heavy atom. The van der Waals surface area contributed by atoms with Gasteiger partial charge in [0, 0.05) is 0 Å². The largest absolute Gasteiger partial charge is 0.472 e. The molecule has 376 valence electrons. The van der Waals surface area contributed by atoms with Crippen molar-refractivity contribution >= 4 is 13.7 Å². The second-order valence-electron chi connectivity index (χ2n) is 18.7. The molecule has 1 fully saturated rings. The van der Waals surface area contributed by atoms with E-state index >= 15 is 0 Å². The summed E-state index contributed by atoms with van der Waals surface area (Å²) in [7, 11) is -5.23. The maximum absolute atomic E-state index is 13.1. The monoisotopic (exact) mass is 926 g/mol. The lowest BCUT2D eigenvalue weighted by Gasteiger charge is -2.41. The molecule has 1 rings (SSSR count). The van der Waals surface area contributed by atoms with Crippen LogP contribution >= 0.6 is 7.82 Å². The van der Waals surface area contributed by atoms with Gasteiger partial charge in [-0.3, -0.25) is 13.8 Å². The van der Waals surface area contributed by atoms with E-state index in [0.29, 0.717) is 12.8 Å². The number of rotatable bonds is 43. The molecule has 1 amide bonds. The molecule has 1 saturated carbocycles. The average Bonchev–Trinajstić information content (AvgIpc) is 3.27. The van der Waals surface area contributed by atoms with Gasteiger partial charge in [-0.05, 0) is 12.8 Å². The lowest BCUT2D eigenvalue weighted by atomic mass is 9.85. The molecule has 10 N–H and O–H groups in total. The minimum atomic E-state index is -5.23. The van der Waals surface area contributed by atoms with Crippen molar-refractivity contribution in [1.29, 1.82) is 0 Å². The number of hydrogen-bond donors (Lipinski definition) is 10. The molecule has 15 heteroatoms. The van der Waals surface area contributed by atoms with Gasteiger partial charge in [-0.25, -0.2) is 4.57 Å².